The van der Waals surface area contributed by atoms with Crippen molar-refractivity contribution >= 4 is 16.9 Å². The van der Waals surface area contributed by atoms with Crippen LogP contribution in [0.1, 0.15) is 33.5 Å². The van der Waals surface area contributed by atoms with E-state index in [-0.39, 0.29) is 11.9 Å². The molecule has 0 spiro atoms. The quantitative estimate of drug-likeness (QED) is 0.747. The third-order valence-electron chi connectivity index (χ3n) is 5.11. The molecule has 2 aromatic heterocycles. The Morgan fingerprint density at radius 1 is 1.22 bits per heavy atom. The maximum Gasteiger partial charge on any atom is 0.287 e. The topological polar surface area (TPSA) is 67.9 Å². The SMILES string of the molecule is Cc1ccc2oc(C(=O)NC[C@H](c3ccco3)N3CCOCC3)c(C)c2c1. The van der Waals surface area contributed by atoms with Crippen LogP contribution in [0.25, 0.3) is 11.0 Å². The Bertz CT molecular complexity index is 923. The molecule has 1 saturated heterocycles. The molecule has 0 unspecified atom stereocenters. The molecule has 27 heavy (non-hydrogen) atoms. The van der Waals surface area contributed by atoms with Gasteiger partial charge in [-0.15, -0.1) is 0 Å². The van der Waals surface area contributed by atoms with Gasteiger partial charge in [0.2, 0.25) is 0 Å². The molecule has 1 aromatic carbocycles. The number of hydrogen-bond acceptors (Lipinski definition) is 5. The Morgan fingerprint density at radius 3 is 2.78 bits per heavy atom. The van der Waals surface area contributed by atoms with Gasteiger partial charge >= 0.3 is 0 Å². The Morgan fingerprint density at radius 2 is 2.04 bits per heavy atom. The number of fused-ring (bicyclic) bond motifs is 1. The van der Waals surface area contributed by atoms with Gasteiger partial charge < -0.3 is 18.9 Å². The van der Waals surface area contributed by atoms with Crippen LogP contribution in [0, 0.1) is 13.8 Å². The molecule has 1 amide bonds. The van der Waals surface area contributed by atoms with Crippen molar-refractivity contribution in [1.82, 2.24) is 10.2 Å². The first-order valence-corrected chi connectivity index (χ1v) is 9.26. The van der Waals surface area contributed by atoms with Crippen LogP contribution in [0.3, 0.4) is 0 Å². The van der Waals surface area contributed by atoms with E-state index in [1.807, 2.05) is 44.2 Å². The van der Waals surface area contributed by atoms with Crippen molar-refractivity contribution in [2.75, 3.05) is 32.8 Å². The van der Waals surface area contributed by atoms with Crippen molar-refractivity contribution in [3.63, 3.8) is 0 Å². The van der Waals surface area contributed by atoms with E-state index in [1.165, 1.54) is 0 Å². The summed E-state index contributed by atoms with van der Waals surface area (Å²) in [7, 11) is 0. The molecule has 4 rings (SSSR count). The van der Waals surface area contributed by atoms with Crippen molar-refractivity contribution in [2.45, 2.75) is 19.9 Å². The van der Waals surface area contributed by atoms with E-state index in [4.69, 9.17) is 13.6 Å². The summed E-state index contributed by atoms with van der Waals surface area (Å²) in [6.07, 6.45) is 1.66. The Kier molecular flexibility index (Phi) is 5.01. The number of carbonyl (C=O) groups is 1. The molecule has 1 atom stereocenters. The number of morpholine rings is 1. The lowest BCUT2D eigenvalue weighted by atomic mass is 10.1. The van der Waals surface area contributed by atoms with Crippen LogP contribution in [-0.4, -0.2) is 43.7 Å². The maximum absolute atomic E-state index is 12.8. The second-order valence-electron chi connectivity index (χ2n) is 6.95. The summed E-state index contributed by atoms with van der Waals surface area (Å²) < 4.78 is 16.9. The van der Waals surface area contributed by atoms with Crippen LogP contribution in [-0.2, 0) is 4.74 Å². The molecule has 6 heteroatoms. The highest BCUT2D eigenvalue weighted by atomic mass is 16.5. The second-order valence-corrected chi connectivity index (χ2v) is 6.95. The van der Waals surface area contributed by atoms with Gasteiger partial charge in [0.05, 0.1) is 25.5 Å². The number of carbonyl (C=O) groups excluding carboxylic acids is 1. The molecule has 1 aliphatic rings. The minimum absolute atomic E-state index is 0.0280. The fourth-order valence-electron chi connectivity index (χ4n) is 3.60. The molecule has 0 saturated carbocycles. The molecule has 3 aromatic rings. The van der Waals surface area contributed by atoms with E-state index in [2.05, 4.69) is 10.2 Å². The summed E-state index contributed by atoms with van der Waals surface area (Å²) >= 11 is 0. The first kappa shape index (κ1) is 17.8. The standard InChI is InChI=1S/C21H24N2O4/c1-14-5-6-18-16(12-14)15(2)20(27-18)21(24)22-13-17(19-4-3-9-26-19)23-7-10-25-11-8-23/h3-6,9,12,17H,7-8,10-11,13H2,1-2H3,(H,22,24)/t17-/m1/s1. The van der Waals surface area contributed by atoms with E-state index in [0.717, 1.165) is 40.9 Å². The van der Waals surface area contributed by atoms with Crippen LogP contribution in [0.2, 0.25) is 0 Å². The van der Waals surface area contributed by atoms with Gasteiger partial charge in [0, 0.05) is 30.6 Å². The summed E-state index contributed by atoms with van der Waals surface area (Å²) in [6, 6.07) is 9.73. The third kappa shape index (κ3) is 3.63. The zero-order valence-electron chi connectivity index (χ0n) is 15.7. The van der Waals surface area contributed by atoms with Gasteiger partial charge in [0.15, 0.2) is 5.76 Å². The number of nitrogens with zero attached hydrogens (tertiary/aromatic N) is 1. The summed E-state index contributed by atoms with van der Waals surface area (Å²) in [6.45, 7) is 7.39. The Balaban J connectivity index is 1.52. The minimum Gasteiger partial charge on any atom is -0.468 e. The van der Waals surface area contributed by atoms with Gasteiger partial charge in [0.25, 0.3) is 5.91 Å². The molecular weight excluding hydrogens is 344 g/mol. The number of rotatable bonds is 5. The molecule has 6 nitrogen and oxygen atoms in total. The normalized spacial score (nSPS) is 16.5. The number of furan rings is 2. The van der Waals surface area contributed by atoms with Crippen molar-refractivity contribution < 1.29 is 18.4 Å². The van der Waals surface area contributed by atoms with Crippen molar-refractivity contribution in [3.05, 3.63) is 59.2 Å². The van der Waals surface area contributed by atoms with Crippen molar-refractivity contribution in [2.24, 2.45) is 0 Å². The van der Waals surface area contributed by atoms with Gasteiger partial charge in [-0.1, -0.05) is 11.6 Å². The third-order valence-corrected chi connectivity index (χ3v) is 5.11. The van der Waals surface area contributed by atoms with Gasteiger partial charge in [-0.05, 0) is 38.1 Å². The number of aryl methyl sites for hydroxylation is 2. The fraction of sp³-hybridized carbons (Fsp3) is 0.381. The van der Waals surface area contributed by atoms with Crippen molar-refractivity contribution in [1.29, 1.82) is 0 Å². The molecule has 1 aliphatic heterocycles. The highest BCUT2D eigenvalue weighted by Crippen LogP contribution is 2.27. The first-order valence-electron chi connectivity index (χ1n) is 9.26. The molecule has 0 radical (unpaired) electrons. The molecule has 1 fully saturated rings. The van der Waals surface area contributed by atoms with Gasteiger partial charge in [-0.3, -0.25) is 9.69 Å². The lowest BCUT2D eigenvalue weighted by molar-refractivity contribution is 0.0117. The predicted molar refractivity (Wildman–Crippen MR) is 102 cm³/mol. The number of nitrogens with one attached hydrogen (secondary N) is 1. The van der Waals surface area contributed by atoms with Gasteiger partial charge in [-0.25, -0.2) is 0 Å². The molecular formula is C21H24N2O4. The zero-order valence-corrected chi connectivity index (χ0v) is 15.7. The molecule has 0 bridgehead atoms. The number of ether oxygens (including phenoxy) is 1. The fourth-order valence-corrected chi connectivity index (χ4v) is 3.60. The number of hydrogen-bond donors (Lipinski definition) is 1. The molecule has 3 heterocycles. The number of amides is 1. The van der Waals surface area contributed by atoms with Crippen LogP contribution >= 0.6 is 0 Å². The predicted octanol–water partition coefficient (Wildman–Crippen LogP) is 3.45. The highest BCUT2D eigenvalue weighted by Gasteiger charge is 2.26. The lowest BCUT2D eigenvalue weighted by Crippen LogP contribution is -2.43. The summed E-state index contributed by atoms with van der Waals surface area (Å²) in [5.41, 5.74) is 2.75. The second kappa shape index (κ2) is 7.58. The Hall–Kier alpha value is -2.57. The van der Waals surface area contributed by atoms with E-state index < -0.39 is 0 Å². The van der Waals surface area contributed by atoms with Gasteiger partial charge in [0.1, 0.15) is 11.3 Å². The smallest absolute Gasteiger partial charge is 0.287 e. The molecule has 1 N–H and O–H groups in total. The van der Waals surface area contributed by atoms with Gasteiger partial charge in [-0.2, -0.15) is 0 Å². The van der Waals surface area contributed by atoms with E-state index >= 15 is 0 Å². The maximum atomic E-state index is 12.8. The van der Waals surface area contributed by atoms with Crippen LogP contribution in [0.4, 0.5) is 0 Å². The molecule has 0 aliphatic carbocycles. The summed E-state index contributed by atoms with van der Waals surface area (Å²) in [5.74, 6) is 1.01. The largest absolute Gasteiger partial charge is 0.468 e. The average Bonchev–Trinajstić information content (AvgIpc) is 3.32. The van der Waals surface area contributed by atoms with Crippen LogP contribution in [0.5, 0.6) is 0 Å². The summed E-state index contributed by atoms with van der Waals surface area (Å²) in [5, 5.41) is 4.01. The molecule has 142 valence electrons. The van der Waals surface area contributed by atoms with E-state index in [1.54, 1.807) is 6.26 Å². The Labute approximate surface area is 158 Å². The van der Waals surface area contributed by atoms with E-state index in [9.17, 15) is 4.79 Å². The average molecular weight is 368 g/mol. The zero-order chi connectivity index (χ0) is 18.8. The number of benzene rings is 1. The van der Waals surface area contributed by atoms with Crippen LogP contribution < -0.4 is 5.32 Å². The van der Waals surface area contributed by atoms with E-state index in [0.29, 0.717) is 25.5 Å². The minimum atomic E-state index is -0.203. The summed E-state index contributed by atoms with van der Waals surface area (Å²) in [4.78, 5) is 15.1. The first-order chi connectivity index (χ1) is 13.1. The highest BCUT2D eigenvalue weighted by molar-refractivity contribution is 5.99. The van der Waals surface area contributed by atoms with Crippen LogP contribution in [0.15, 0.2) is 45.4 Å². The van der Waals surface area contributed by atoms with Crippen molar-refractivity contribution in [3.8, 4) is 0 Å². The lowest BCUT2D eigenvalue weighted by Gasteiger charge is -2.33. The monoisotopic (exact) mass is 368 g/mol.